The van der Waals surface area contributed by atoms with Gasteiger partial charge >= 0.3 is 6.09 Å². The fraction of sp³-hybridized carbons (Fsp3) is 0.595. The second-order valence-corrected chi connectivity index (χ2v) is 14.2. The molecule has 256 valence electrons. The number of anilines is 1. The Kier molecular flexibility index (Phi) is 11.8. The van der Waals surface area contributed by atoms with Gasteiger partial charge in [-0.2, -0.15) is 0 Å². The number of carbonyl (C=O) groups excluding carboxylic acids is 2. The molecule has 47 heavy (non-hydrogen) atoms. The highest BCUT2D eigenvalue weighted by Gasteiger charge is 2.31. The van der Waals surface area contributed by atoms with Gasteiger partial charge in [-0.05, 0) is 95.0 Å². The number of rotatable bonds is 12. The van der Waals surface area contributed by atoms with Crippen LogP contribution in [-0.2, 0) is 27.2 Å². The SMILES string of the molecule is COCCCn1c([C@@H]2CCCN(C(=O)C[C@@H](Cc3ccc(N4CCC(CO)CC4)cc3)NC(=O)OC(C)(C)C)C2)nc2ccccc21. The predicted molar refractivity (Wildman–Crippen MR) is 185 cm³/mol. The maximum atomic E-state index is 13.9. The summed E-state index contributed by atoms with van der Waals surface area (Å²) in [6, 6.07) is 16.2. The molecule has 2 atom stereocenters. The highest BCUT2D eigenvalue weighted by molar-refractivity contribution is 5.79. The average Bonchev–Trinajstić information content (AvgIpc) is 3.43. The molecule has 2 saturated heterocycles. The number of aromatic nitrogens is 2. The fourth-order valence-corrected chi connectivity index (χ4v) is 6.91. The van der Waals surface area contributed by atoms with Gasteiger partial charge in [-0.25, -0.2) is 9.78 Å². The van der Waals surface area contributed by atoms with Crippen LogP contribution >= 0.6 is 0 Å². The lowest BCUT2D eigenvalue weighted by atomic mass is 9.95. The Morgan fingerprint density at radius 2 is 1.79 bits per heavy atom. The Bertz CT molecular complexity index is 1460. The van der Waals surface area contributed by atoms with Gasteiger partial charge in [0.25, 0.3) is 0 Å². The summed E-state index contributed by atoms with van der Waals surface area (Å²) in [5.74, 6) is 1.58. The van der Waals surface area contributed by atoms with E-state index in [1.54, 1.807) is 7.11 Å². The molecule has 2 N–H and O–H groups in total. The zero-order valence-corrected chi connectivity index (χ0v) is 28.6. The van der Waals surface area contributed by atoms with Gasteiger partial charge in [0.05, 0.1) is 11.0 Å². The molecular formula is C37H53N5O5. The van der Waals surface area contributed by atoms with Crippen LogP contribution in [0.15, 0.2) is 48.5 Å². The number of nitrogens with one attached hydrogen (secondary N) is 1. The summed E-state index contributed by atoms with van der Waals surface area (Å²) in [4.78, 5) is 36.1. The van der Waals surface area contributed by atoms with Crippen molar-refractivity contribution in [1.82, 2.24) is 19.8 Å². The van der Waals surface area contributed by atoms with Crippen LogP contribution in [0.2, 0.25) is 0 Å². The van der Waals surface area contributed by atoms with Gasteiger partial charge in [0.15, 0.2) is 0 Å². The molecule has 3 heterocycles. The first kappa shape index (κ1) is 34.7. The van der Waals surface area contributed by atoms with Crippen LogP contribution in [0.5, 0.6) is 0 Å². The lowest BCUT2D eigenvalue weighted by Crippen LogP contribution is -2.46. The van der Waals surface area contributed by atoms with Gasteiger partial charge in [-0.3, -0.25) is 4.79 Å². The van der Waals surface area contributed by atoms with Crippen LogP contribution in [0, 0.1) is 5.92 Å². The zero-order valence-electron chi connectivity index (χ0n) is 28.6. The summed E-state index contributed by atoms with van der Waals surface area (Å²) in [6.07, 6.45) is 4.94. The van der Waals surface area contributed by atoms with E-state index in [2.05, 4.69) is 51.2 Å². The number of hydrogen-bond donors (Lipinski definition) is 2. The third-order valence-corrected chi connectivity index (χ3v) is 9.35. The molecule has 5 rings (SSSR count). The number of ether oxygens (including phenoxy) is 2. The smallest absolute Gasteiger partial charge is 0.407 e. The molecule has 10 heteroatoms. The topological polar surface area (TPSA) is 109 Å². The monoisotopic (exact) mass is 647 g/mol. The number of para-hydroxylation sites is 2. The fourth-order valence-electron chi connectivity index (χ4n) is 6.91. The standard InChI is InChI=1S/C37H53N5O5/c1-37(2,3)47-36(45)38-30(23-27-12-14-31(15-13-27)40-20-16-28(26-43)17-21-40)24-34(44)41-18-7-9-29(25-41)35-39-32-10-5-6-11-33(32)42(35)19-8-22-46-4/h5-6,10-15,28-30,43H,7-9,16-26H2,1-4H3,(H,38,45)/t29-,30-/m1/s1. The maximum Gasteiger partial charge on any atom is 0.407 e. The summed E-state index contributed by atoms with van der Waals surface area (Å²) in [5, 5.41) is 12.5. The Hall–Kier alpha value is -3.63. The number of benzene rings is 2. The van der Waals surface area contributed by atoms with Gasteiger partial charge in [-0.1, -0.05) is 24.3 Å². The van der Waals surface area contributed by atoms with Gasteiger partial charge in [0.1, 0.15) is 11.4 Å². The number of aryl methyl sites for hydroxylation is 1. The van der Waals surface area contributed by atoms with Gasteiger partial charge in [-0.15, -0.1) is 0 Å². The van der Waals surface area contributed by atoms with Crippen LogP contribution in [-0.4, -0.2) is 89.7 Å². The molecular weight excluding hydrogens is 594 g/mol. The molecule has 3 aromatic rings. The number of nitrogens with zero attached hydrogens (tertiary/aromatic N) is 4. The maximum absolute atomic E-state index is 13.9. The average molecular weight is 648 g/mol. The Labute approximate surface area is 279 Å². The van der Waals surface area contributed by atoms with Crippen molar-refractivity contribution in [2.24, 2.45) is 5.92 Å². The van der Waals surface area contributed by atoms with Gasteiger partial charge in [0.2, 0.25) is 5.91 Å². The van der Waals surface area contributed by atoms with Crippen molar-refractivity contribution in [3.8, 4) is 0 Å². The number of imidazole rings is 1. The molecule has 2 aliphatic heterocycles. The molecule has 0 bridgehead atoms. The van der Waals surface area contributed by atoms with Crippen molar-refractivity contribution in [3.63, 3.8) is 0 Å². The molecule has 0 saturated carbocycles. The van der Waals surface area contributed by atoms with E-state index in [0.717, 1.165) is 79.8 Å². The Morgan fingerprint density at radius 3 is 2.49 bits per heavy atom. The first-order valence-electron chi connectivity index (χ1n) is 17.3. The first-order chi connectivity index (χ1) is 22.6. The van der Waals surface area contributed by atoms with Crippen molar-refractivity contribution >= 4 is 28.7 Å². The van der Waals surface area contributed by atoms with E-state index in [-0.39, 0.29) is 24.9 Å². The van der Waals surface area contributed by atoms with Crippen LogP contribution in [0.1, 0.15) is 76.6 Å². The lowest BCUT2D eigenvalue weighted by molar-refractivity contribution is -0.133. The predicted octanol–water partition coefficient (Wildman–Crippen LogP) is 5.51. The second kappa shape index (κ2) is 16.0. The van der Waals surface area contributed by atoms with Gasteiger partial charge < -0.3 is 34.3 Å². The van der Waals surface area contributed by atoms with Gasteiger partial charge in [0, 0.05) is 77.1 Å². The summed E-state index contributed by atoms with van der Waals surface area (Å²) in [6.45, 7) is 10.4. The minimum Gasteiger partial charge on any atom is -0.444 e. The normalized spacial score (nSPS) is 18.4. The van der Waals surface area contributed by atoms with Crippen molar-refractivity contribution < 1.29 is 24.2 Å². The third-order valence-electron chi connectivity index (χ3n) is 9.35. The molecule has 1 aromatic heterocycles. The van der Waals surface area contributed by atoms with Crippen LogP contribution in [0.25, 0.3) is 11.0 Å². The number of amides is 2. The van der Waals surface area contributed by atoms with Crippen LogP contribution in [0.3, 0.4) is 0 Å². The van der Waals surface area contributed by atoms with E-state index >= 15 is 0 Å². The van der Waals surface area contributed by atoms with E-state index in [9.17, 15) is 14.7 Å². The summed E-state index contributed by atoms with van der Waals surface area (Å²) in [7, 11) is 1.72. The van der Waals surface area contributed by atoms with Crippen molar-refractivity contribution in [1.29, 1.82) is 0 Å². The molecule has 2 amide bonds. The summed E-state index contributed by atoms with van der Waals surface area (Å²) in [5.41, 5.74) is 3.66. The first-order valence-corrected chi connectivity index (χ1v) is 17.3. The number of piperidine rings is 2. The van der Waals surface area contributed by atoms with E-state index in [0.29, 0.717) is 32.0 Å². The molecule has 2 fully saturated rings. The van der Waals surface area contributed by atoms with Crippen molar-refractivity contribution in [2.75, 3.05) is 51.4 Å². The number of hydrogen-bond acceptors (Lipinski definition) is 7. The van der Waals surface area contributed by atoms with Crippen molar-refractivity contribution in [2.45, 2.75) is 89.8 Å². The number of methoxy groups -OCH3 is 1. The molecule has 2 aliphatic rings. The Morgan fingerprint density at radius 1 is 1.04 bits per heavy atom. The number of aliphatic hydroxyl groups is 1. The second-order valence-electron chi connectivity index (χ2n) is 14.2. The highest BCUT2D eigenvalue weighted by atomic mass is 16.6. The van der Waals surface area contributed by atoms with E-state index in [4.69, 9.17) is 14.5 Å². The zero-order chi connectivity index (χ0) is 33.4. The minimum absolute atomic E-state index is 0.0289. The minimum atomic E-state index is -0.640. The third kappa shape index (κ3) is 9.47. The number of carbonyl (C=O) groups is 2. The molecule has 2 aromatic carbocycles. The lowest BCUT2D eigenvalue weighted by Gasteiger charge is -2.34. The number of aliphatic hydroxyl groups excluding tert-OH is 1. The Balaban J connectivity index is 1.27. The largest absolute Gasteiger partial charge is 0.444 e. The summed E-state index contributed by atoms with van der Waals surface area (Å²) >= 11 is 0. The molecule has 0 radical (unpaired) electrons. The van der Waals surface area contributed by atoms with E-state index in [1.165, 1.54) is 0 Å². The van der Waals surface area contributed by atoms with Crippen molar-refractivity contribution in [3.05, 3.63) is 59.9 Å². The molecule has 10 nitrogen and oxygen atoms in total. The van der Waals surface area contributed by atoms with E-state index < -0.39 is 17.7 Å². The molecule has 0 spiro atoms. The highest BCUT2D eigenvalue weighted by Crippen LogP contribution is 2.30. The number of fused-ring (bicyclic) bond motifs is 1. The summed E-state index contributed by atoms with van der Waals surface area (Å²) < 4.78 is 13.2. The number of likely N-dealkylation sites (tertiary alicyclic amines) is 1. The molecule has 0 aliphatic carbocycles. The van der Waals surface area contributed by atoms with Crippen LogP contribution < -0.4 is 10.2 Å². The van der Waals surface area contributed by atoms with E-state index in [1.807, 2.05) is 37.8 Å². The quantitative estimate of drug-likeness (QED) is 0.250. The van der Waals surface area contributed by atoms with Crippen LogP contribution in [0.4, 0.5) is 10.5 Å². The number of alkyl carbamates (subject to hydrolysis) is 1. The molecule has 0 unspecified atom stereocenters.